The first-order chi connectivity index (χ1) is 17.7. The van der Waals surface area contributed by atoms with Crippen LogP contribution in [0.3, 0.4) is 0 Å². The minimum absolute atomic E-state index is 0.0469. The summed E-state index contributed by atoms with van der Waals surface area (Å²) in [5, 5.41) is 11.3. The zero-order valence-electron chi connectivity index (χ0n) is 21.2. The molecule has 1 saturated heterocycles. The molecule has 0 radical (unpaired) electrons. The number of rotatable bonds is 8. The first-order valence-electron chi connectivity index (χ1n) is 11.9. The number of hydrogen-bond donors (Lipinski definition) is 1. The van der Waals surface area contributed by atoms with Gasteiger partial charge in [0, 0.05) is 31.9 Å². The predicted molar refractivity (Wildman–Crippen MR) is 147 cm³/mol. The Bertz CT molecular complexity index is 1330. The van der Waals surface area contributed by atoms with E-state index in [2.05, 4.69) is 15.9 Å². The molecule has 1 heterocycles. The molecule has 3 aromatic rings. The van der Waals surface area contributed by atoms with E-state index in [1.54, 1.807) is 25.3 Å². The molecule has 192 valence electrons. The van der Waals surface area contributed by atoms with Gasteiger partial charge in [-0.3, -0.25) is 9.59 Å². The van der Waals surface area contributed by atoms with E-state index in [0.29, 0.717) is 22.4 Å². The summed E-state index contributed by atoms with van der Waals surface area (Å²) in [7, 11) is 5.42. The third-order valence-corrected chi connectivity index (χ3v) is 6.90. The van der Waals surface area contributed by atoms with Gasteiger partial charge in [0.1, 0.15) is 17.3 Å². The first kappa shape index (κ1) is 26.3. The molecule has 37 heavy (non-hydrogen) atoms. The second-order valence-corrected chi connectivity index (χ2v) is 9.69. The number of carbonyl (C=O) groups excluding carboxylic acids is 2. The standard InChI is InChI=1S/C29H29BrN2O5/c1-5-37-22-13-6-18(7-14-22)17-32-26(19-8-11-21(12-9-19)31(2)3)25(28(34)29(32)35)27(33)20-10-15-24(36-4)23(30)16-20/h6-16,26,33H,5,17H2,1-4H3/b27-25-. The van der Waals surface area contributed by atoms with Crippen molar-refractivity contribution in [2.45, 2.75) is 19.5 Å². The maximum atomic E-state index is 13.4. The van der Waals surface area contributed by atoms with Crippen molar-refractivity contribution in [2.24, 2.45) is 0 Å². The number of carbonyl (C=O) groups is 2. The van der Waals surface area contributed by atoms with Crippen molar-refractivity contribution in [1.82, 2.24) is 4.90 Å². The van der Waals surface area contributed by atoms with Crippen molar-refractivity contribution in [2.75, 3.05) is 32.7 Å². The number of methoxy groups -OCH3 is 1. The van der Waals surface area contributed by atoms with Gasteiger partial charge in [0.2, 0.25) is 0 Å². The number of amides is 1. The molecule has 0 aromatic heterocycles. The fourth-order valence-corrected chi connectivity index (χ4v) is 4.91. The SMILES string of the molecule is CCOc1ccc(CN2C(=O)C(=O)/C(=C(\O)c3ccc(OC)c(Br)c3)C2c2ccc(N(C)C)cc2)cc1. The number of hydrogen-bond acceptors (Lipinski definition) is 6. The van der Waals surface area contributed by atoms with Crippen LogP contribution in [0.5, 0.6) is 11.5 Å². The molecule has 0 aliphatic carbocycles. The third kappa shape index (κ3) is 5.34. The van der Waals surface area contributed by atoms with Crippen LogP contribution in [0.15, 0.2) is 76.8 Å². The van der Waals surface area contributed by atoms with Gasteiger partial charge in [0.05, 0.1) is 29.8 Å². The summed E-state index contributed by atoms with van der Waals surface area (Å²) in [6.45, 7) is 2.66. The lowest BCUT2D eigenvalue weighted by Gasteiger charge is -2.26. The third-order valence-electron chi connectivity index (χ3n) is 6.28. The first-order valence-corrected chi connectivity index (χ1v) is 12.7. The summed E-state index contributed by atoms with van der Waals surface area (Å²) < 4.78 is 11.4. The summed E-state index contributed by atoms with van der Waals surface area (Å²) in [4.78, 5) is 30.1. The molecule has 7 nitrogen and oxygen atoms in total. The highest BCUT2D eigenvalue weighted by atomic mass is 79.9. The average molecular weight is 565 g/mol. The largest absolute Gasteiger partial charge is 0.507 e. The van der Waals surface area contributed by atoms with Gasteiger partial charge in [-0.05, 0) is 76.4 Å². The topological polar surface area (TPSA) is 79.3 Å². The van der Waals surface area contributed by atoms with E-state index < -0.39 is 17.7 Å². The number of benzene rings is 3. The highest BCUT2D eigenvalue weighted by Gasteiger charge is 2.46. The molecule has 1 fully saturated rings. The number of Topliss-reactive ketones (excluding diaryl/α,β-unsaturated/α-hetero) is 1. The molecule has 1 unspecified atom stereocenters. The zero-order chi connectivity index (χ0) is 26.7. The molecule has 0 saturated carbocycles. The van der Waals surface area contributed by atoms with Gasteiger partial charge in [0.25, 0.3) is 11.7 Å². The lowest BCUT2D eigenvalue weighted by molar-refractivity contribution is -0.140. The van der Waals surface area contributed by atoms with Crippen molar-refractivity contribution in [3.63, 3.8) is 0 Å². The van der Waals surface area contributed by atoms with Crippen molar-refractivity contribution in [3.05, 3.63) is 93.5 Å². The Morgan fingerprint density at radius 3 is 2.27 bits per heavy atom. The molecular formula is C29H29BrN2O5. The molecule has 1 N–H and O–H groups in total. The van der Waals surface area contributed by atoms with Gasteiger partial charge in [0.15, 0.2) is 0 Å². The van der Waals surface area contributed by atoms with Gasteiger partial charge in [-0.2, -0.15) is 0 Å². The van der Waals surface area contributed by atoms with E-state index in [0.717, 1.165) is 22.6 Å². The van der Waals surface area contributed by atoms with Crippen LogP contribution in [0.25, 0.3) is 5.76 Å². The van der Waals surface area contributed by atoms with Gasteiger partial charge in [-0.15, -0.1) is 0 Å². The van der Waals surface area contributed by atoms with Gasteiger partial charge >= 0.3 is 0 Å². The quantitative estimate of drug-likeness (QED) is 0.220. The highest BCUT2D eigenvalue weighted by molar-refractivity contribution is 9.10. The minimum Gasteiger partial charge on any atom is -0.507 e. The summed E-state index contributed by atoms with van der Waals surface area (Å²) >= 11 is 3.43. The summed E-state index contributed by atoms with van der Waals surface area (Å²) in [6, 6.07) is 19.3. The molecule has 1 aliphatic heterocycles. The maximum Gasteiger partial charge on any atom is 0.295 e. The average Bonchev–Trinajstić information content (AvgIpc) is 3.14. The molecular weight excluding hydrogens is 536 g/mol. The lowest BCUT2D eigenvalue weighted by atomic mass is 9.95. The van der Waals surface area contributed by atoms with Crippen LogP contribution in [-0.4, -0.2) is 49.5 Å². The van der Waals surface area contributed by atoms with E-state index in [-0.39, 0.29) is 17.9 Å². The van der Waals surface area contributed by atoms with Gasteiger partial charge in [-0.1, -0.05) is 24.3 Å². The molecule has 8 heteroatoms. The number of ether oxygens (including phenoxy) is 2. The van der Waals surface area contributed by atoms with Crippen LogP contribution in [0, 0.1) is 0 Å². The number of anilines is 1. The van der Waals surface area contributed by atoms with Crippen LogP contribution in [0.1, 0.15) is 29.7 Å². The fraction of sp³-hybridized carbons (Fsp3) is 0.241. The monoisotopic (exact) mass is 564 g/mol. The smallest absolute Gasteiger partial charge is 0.295 e. The molecule has 1 aliphatic rings. The number of aliphatic hydroxyl groups is 1. The Labute approximate surface area is 225 Å². The molecule has 0 spiro atoms. The Morgan fingerprint density at radius 1 is 1.03 bits per heavy atom. The normalized spacial score (nSPS) is 16.7. The van der Waals surface area contributed by atoms with Crippen molar-refractivity contribution < 1.29 is 24.2 Å². The van der Waals surface area contributed by atoms with Crippen LogP contribution in [0.4, 0.5) is 5.69 Å². The zero-order valence-corrected chi connectivity index (χ0v) is 22.8. The second kappa shape index (κ2) is 11.1. The number of likely N-dealkylation sites (tertiary alicyclic amines) is 1. The van der Waals surface area contributed by atoms with Crippen LogP contribution >= 0.6 is 15.9 Å². The Hall–Kier alpha value is -3.78. The number of aliphatic hydroxyl groups excluding tert-OH is 1. The van der Waals surface area contributed by atoms with Crippen molar-refractivity contribution >= 4 is 39.1 Å². The maximum absolute atomic E-state index is 13.4. The second-order valence-electron chi connectivity index (χ2n) is 8.84. The van der Waals surface area contributed by atoms with E-state index in [1.807, 2.05) is 74.4 Å². The molecule has 4 rings (SSSR count). The number of halogens is 1. The van der Waals surface area contributed by atoms with Crippen LogP contribution in [-0.2, 0) is 16.1 Å². The summed E-state index contributed by atoms with van der Waals surface area (Å²) in [5.41, 5.74) is 3.00. The Morgan fingerprint density at radius 2 is 1.70 bits per heavy atom. The van der Waals surface area contributed by atoms with E-state index >= 15 is 0 Å². The predicted octanol–water partition coefficient (Wildman–Crippen LogP) is 5.54. The fourth-order valence-electron chi connectivity index (χ4n) is 4.37. The van der Waals surface area contributed by atoms with Crippen LogP contribution < -0.4 is 14.4 Å². The Kier molecular flexibility index (Phi) is 7.88. The molecule has 3 aromatic carbocycles. The number of nitrogens with zero attached hydrogens (tertiary/aromatic N) is 2. The van der Waals surface area contributed by atoms with E-state index in [4.69, 9.17) is 9.47 Å². The van der Waals surface area contributed by atoms with Gasteiger partial charge in [-0.25, -0.2) is 0 Å². The van der Waals surface area contributed by atoms with Crippen LogP contribution in [0.2, 0.25) is 0 Å². The minimum atomic E-state index is -0.761. The molecule has 1 amide bonds. The Balaban J connectivity index is 1.81. The molecule has 0 bridgehead atoms. The van der Waals surface area contributed by atoms with Gasteiger partial charge < -0.3 is 24.4 Å². The molecule has 1 atom stereocenters. The lowest BCUT2D eigenvalue weighted by Crippen LogP contribution is -2.29. The van der Waals surface area contributed by atoms with E-state index in [1.165, 1.54) is 4.90 Å². The van der Waals surface area contributed by atoms with E-state index in [9.17, 15) is 14.7 Å². The van der Waals surface area contributed by atoms with Crippen molar-refractivity contribution in [1.29, 1.82) is 0 Å². The van der Waals surface area contributed by atoms with Crippen molar-refractivity contribution in [3.8, 4) is 11.5 Å². The number of ketones is 1. The summed E-state index contributed by atoms with van der Waals surface area (Å²) in [5.74, 6) is -0.308. The summed E-state index contributed by atoms with van der Waals surface area (Å²) in [6.07, 6.45) is 0. The highest BCUT2D eigenvalue weighted by Crippen LogP contribution is 2.41.